The molecule has 0 spiro atoms. The summed E-state index contributed by atoms with van der Waals surface area (Å²) in [6, 6.07) is 9.78. The smallest absolute Gasteiger partial charge is 0.245 e. The van der Waals surface area contributed by atoms with Gasteiger partial charge in [-0.3, -0.25) is 9.10 Å². The van der Waals surface area contributed by atoms with E-state index >= 15 is 0 Å². The number of nitrogens with one attached hydrogen (secondary N) is 1. The molecule has 0 aromatic heterocycles. The van der Waals surface area contributed by atoms with Crippen molar-refractivity contribution >= 4 is 38.9 Å². The van der Waals surface area contributed by atoms with Gasteiger partial charge in [-0.1, -0.05) is 17.7 Å². The number of anilines is 2. The lowest BCUT2D eigenvalue weighted by molar-refractivity contribution is -0.114. The maximum Gasteiger partial charge on any atom is 0.245 e. The van der Waals surface area contributed by atoms with Gasteiger partial charge in [0.05, 0.1) is 31.9 Å². The van der Waals surface area contributed by atoms with Crippen LogP contribution < -0.4 is 19.1 Å². The highest BCUT2D eigenvalue weighted by molar-refractivity contribution is 7.92. The summed E-state index contributed by atoms with van der Waals surface area (Å²) >= 11 is 6.00. The van der Waals surface area contributed by atoms with Gasteiger partial charge in [0.1, 0.15) is 18.0 Å². The molecule has 1 amide bonds. The monoisotopic (exact) mass is 412 g/mol. The third-order valence-electron chi connectivity index (χ3n) is 3.81. The summed E-state index contributed by atoms with van der Waals surface area (Å²) in [5.74, 6) is 0.414. The number of ether oxygens (including phenoxy) is 2. The number of sulfonamides is 1. The predicted molar refractivity (Wildman–Crippen MR) is 107 cm³/mol. The second kappa shape index (κ2) is 8.49. The molecule has 0 aliphatic carbocycles. The normalized spacial score (nSPS) is 11.0. The molecular weight excluding hydrogens is 392 g/mol. The van der Waals surface area contributed by atoms with E-state index in [4.69, 9.17) is 21.1 Å². The molecule has 27 heavy (non-hydrogen) atoms. The molecule has 2 aromatic carbocycles. The van der Waals surface area contributed by atoms with Crippen molar-refractivity contribution in [1.82, 2.24) is 0 Å². The van der Waals surface area contributed by atoms with Crippen molar-refractivity contribution in [3.05, 3.63) is 47.0 Å². The lowest BCUT2D eigenvalue weighted by Crippen LogP contribution is -2.37. The summed E-state index contributed by atoms with van der Waals surface area (Å²) in [5.41, 5.74) is 1.40. The van der Waals surface area contributed by atoms with Gasteiger partial charge >= 0.3 is 0 Å². The molecule has 0 fully saturated rings. The quantitative estimate of drug-likeness (QED) is 0.755. The second-order valence-corrected chi connectivity index (χ2v) is 8.16. The summed E-state index contributed by atoms with van der Waals surface area (Å²) in [7, 11) is -0.747. The molecule has 9 heteroatoms. The van der Waals surface area contributed by atoms with Crippen LogP contribution in [0.4, 0.5) is 11.4 Å². The van der Waals surface area contributed by atoms with Crippen LogP contribution in [0.3, 0.4) is 0 Å². The number of methoxy groups -OCH3 is 2. The number of aryl methyl sites for hydroxylation is 1. The predicted octanol–water partition coefficient (Wildman–Crippen LogP) is 3.07. The summed E-state index contributed by atoms with van der Waals surface area (Å²) in [6.07, 6.45) is 1.03. The first-order valence-corrected chi connectivity index (χ1v) is 10.1. The Bertz CT molecular complexity index is 947. The van der Waals surface area contributed by atoms with Gasteiger partial charge in [0.2, 0.25) is 15.9 Å². The number of nitrogens with zero attached hydrogens (tertiary/aromatic N) is 1. The van der Waals surface area contributed by atoms with E-state index in [1.807, 2.05) is 0 Å². The fourth-order valence-electron chi connectivity index (χ4n) is 2.46. The Labute approximate surface area is 163 Å². The van der Waals surface area contributed by atoms with Crippen LogP contribution in [0.2, 0.25) is 5.02 Å². The van der Waals surface area contributed by atoms with Crippen LogP contribution in [0, 0.1) is 6.92 Å². The first-order valence-electron chi connectivity index (χ1n) is 7.91. The van der Waals surface area contributed by atoms with E-state index in [2.05, 4.69) is 5.32 Å². The highest BCUT2D eigenvalue weighted by atomic mass is 35.5. The fourth-order valence-corrected chi connectivity index (χ4v) is 3.54. The van der Waals surface area contributed by atoms with Crippen molar-refractivity contribution in [3.8, 4) is 11.5 Å². The summed E-state index contributed by atoms with van der Waals surface area (Å²) in [5, 5.41) is 3.03. The maximum atomic E-state index is 12.6. The zero-order valence-corrected chi connectivity index (χ0v) is 17.0. The van der Waals surface area contributed by atoms with E-state index in [9.17, 15) is 13.2 Å². The van der Waals surface area contributed by atoms with E-state index in [1.54, 1.807) is 37.3 Å². The molecule has 0 aliphatic rings. The minimum atomic E-state index is -3.72. The maximum absolute atomic E-state index is 12.6. The molecule has 2 aromatic rings. The Morgan fingerprint density at radius 3 is 2.44 bits per heavy atom. The van der Waals surface area contributed by atoms with E-state index in [0.717, 1.165) is 10.6 Å². The molecule has 0 radical (unpaired) electrons. The molecule has 1 N–H and O–H groups in total. The first-order chi connectivity index (χ1) is 12.7. The molecule has 0 saturated heterocycles. The van der Waals surface area contributed by atoms with Crippen LogP contribution in [0.5, 0.6) is 11.5 Å². The van der Waals surface area contributed by atoms with Crippen molar-refractivity contribution < 1.29 is 22.7 Å². The number of rotatable bonds is 7. The summed E-state index contributed by atoms with van der Waals surface area (Å²) < 4.78 is 35.9. The molecule has 0 heterocycles. The number of hydrogen-bond donors (Lipinski definition) is 1. The van der Waals surface area contributed by atoms with Crippen LogP contribution in [0.15, 0.2) is 36.4 Å². The Hall–Kier alpha value is -2.45. The van der Waals surface area contributed by atoms with E-state index in [1.165, 1.54) is 20.3 Å². The number of carbonyl (C=O) groups is 1. The highest BCUT2D eigenvalue weighted by Gasteiger charge is 2.23. The SMILES string of the molecule is COc1ccc(OC)c(NC(=O)CN(c2cc(Cl)ccc2C)S(C)(=O)=O)c1. The van der Waals surface area contributed by atoms with Gasteiger partial charge < -0.3 is 14.8 Å². The minimum Gasteiger partial charge on any atom is -0.497 e. The number of hydrogen-bond acceptors (Lipinski definition) is 5. The zero-order chi connectivity index (χ0) is 20.2. The Morgan fingerprint density at radius 2 is 1.85 bits per heavy atom. The number of amides is 1. The third-order valence-corrected chi connectivity index (χ3v) is 5.17. The molecule has 0 unspecified atom stereocenters. The lowest BCUT2D eigenvalue weighted by Gasteiger charge is -2.24. The van der Waals surface area contributed by atoms with Crippen molar-refractivity contribution in [1.29, 1.82) is 0 Å². The number of benzene rings is 2. The van der Waals surface area contributed by atoms with Gasteiger partial charge in [-0.05, 0) is 36.8 Å². The summed E-state index contributed by atoms with van der Waals surface area (Å²) in [6.45, 7) is 1.33. The van der Waals surface area contributed by atoms with Crippen molar-refractivity contribution in [2.75, 3.05) is 36.6 Å². The van der Waals surface area contributed by atoms with Gasteiger partial charge in [0, 0.05) is 11.1 Å². The van der Waals surface area contributed by atoms with Crippen molar-refractivity contribution in [2.24, 2.45) is 0 Å². The Balaban J connectivity index is 2.32. The van der Waals surface area contributed by atoms with E-state index in [0.29, 0.717) is 33.5 Å². The van der Waals surface area contributed by atoms with Crippen LogP contribution >= 0.6 is 11.6 Å². The van der Waals surface area contributed by atoms with E-state index < -0.39 is 22.5 Å². The Kier molecular flexibility index (Phi) is 6.56. The fraction of sp³-hybridized carbons (Fsp3) is 0.278. The van der Waals surface area contributed by atoms with Crippen LogP contribution in [0.1, 0.15) is 5.56 Å². The number of halogens is 1. The average Bonchev–Trinajstić information content (AvgIpc) is 2.61. The van der Waals surface area contributed by atoms with Crippen LogP contribution in [-0.4, -0.2) is 41.3 Å². The second-order valence-electron chi connectivity index (χ2n) is 5.81. The number of carbonyl (C=O) groups excluding carboxylic acids is 1. The average molecular weight is 413 g/mol. The first kappa shape index (κ1) is 20.9. The van der Waals surface area contributed by atoms with Crippen LogP contribution in [0.25, 0.3) is 0 Å². The van der Waals surface area contributed by atoms with Crippen molar-refractivity contribution in [3.63, 3.8) is 0 Å². The zero-order valence-electron chi connectivity index (χ0n) is 15.4. The molecule has 0 atom stereocenters. The molecule has 7 nitrogen and oxygen atoms in total. The Morgan fingerprint density at radius 1 is 1.15 bits per heavy atom. The molecule has 146 valence electrons. The molecule has 0 saturated carbocycles. The van der Waals surface area contributed by atoms with Gasteiger partial charge in [-0.2, -0.15) is 0 Å². The topological polar surface area (TPSA) is 84.9 Å². The standard InChI is InChI=1S/C18H21ClN2O5S/c1-12-5-6-13(19)9-16(12)21(27(4,23)24)11-18(22)20-15-10-14(25-2)7-8-17(15)26-3/h5-10H,11H2,1-4H3,(H,20,22). The van der Waals surface area contributed by atoms with Crippen molar-refractivity contribution in [2.45, 2.75) is 6.92 Å². The van der Waals surface area contributed by atoms with Gasteiger partial charge in [0.15, 0.2) is 0 Å². The molecule has 2 rings (SSSR count). The van der Waals surface area contributed by atoms with Gasteiger partial charge in [-0.25, -0.2) is 8.42 Å². The third kappa shape index (κ3) is 5.27. The lowest BCUT2D eigenvalue weighted by atomic mass is 10.2. The van der Waals surface area contributed by atoms with Crippen LogP contribution in [-0.2, 0) is 14.8 Å². The molecular formula is C18H21ClN2O5S. The minimum absolute atomic E-state index is 0.345. The van der Waals surface area contributed by atoms with Gasteiger partial charge in [-0.15, -0.1) is 0 Å². The molecule has 0 aliphatic heterocycles. The molecule has 0 bridgehead atoms. The highest BCUT2D eigenvalue weighted by Crippen LogP contribution is 2.30. The largest absolute Gasteiger partial charge is 0.497 e. The summed E-state index contributed by atoms with van der Waals surface area (Å²) in [4.78, 5) is 12.6. The van der Waals surface area contributed by atoms with Gasteiger partial charge in [0.25, 0.3) is 0 Å². The van der Waals surface area contributed by atoms with E-state index in [-0.39, 0.29) is 0 Å².